The molecule has 0 atom stereocenters. The minimum atomic E-state index is -0.0266. The Bertz CT molecular complexity index is 555. The number of benzene rings is 2. The van der Waals surface area contributed by atoms with Gasteiger partial charge in [0.25, 0.3) is 5.91 Å². The number of nitrogens with zero attached hydrogens (tertiary/aromatic N) is 2. The summed E-state index contributed by atoms with van der Waals surface area (Å²) in [6.07, 6.45) is 0. The van der Waals surface area contributed by atoms with Gasteiger partial charge >= 0.3 is 0 Å². The number of carbonyl (C=O) groups is 1. The monoisotopic (exact) mass is 283 g/mol. The van der Waals surface area contributed by atoms with Crippen molar-refractivity contribution in [3.05, 3.63) is 66.2 Å². The van der Waals surface area contributed by atoms with E-state index in [1.165, 1.54) is 0 Å². The van der Waals surface area contributed by atoms with E-state index in [9.17, 15) is 4.79 Å². The summed E-state index contributed by atoms with van der Waals surface area (Å²) in [6, 6.07) is 19.1. The quantitative estimate of drug-likeness (QED) is 0.828. The van der Waals surface area contributed by atoms with Crippen molar-refractivity contribution in [3.63, 3.8) is 0 Å². The molecule has 4 nitrogen and oxygen atoms in total. The van der Waals surface area contributed by atoms with Gasteiger partial charge in [0.05, 0.1) is 12.2 Å². The molecule has 0 fully saturated rings. The van der Waals surface area contributed by atoms with E-state index in [4.69, 9.17) is 0 Å². The number of hydrogen-bond acceptors (Lipinski definition) is 3. The average molecular weight is 283 g/mol. The molecule has 0 saturated carbocycles. The molecule has 0 radical (unpaired) electrons. The second-order valence-electron chi connectivity index (χ2n) is 5.10. The Morgan fingerprint density at radius 3 is 2.05 bits per heavy atom. The van der Waals surface area contributed by atoms with Gasteiger partial charge < -0.3 is 4.90 Å². The third-order valence-corrected chi connectivity index (χ3v) is 3.07. The maximum atomic E-state index is 12.6. The molecule has 0 spiro atoms. The van der Waals surface area contributed by atoms with E-state index in [1.807, 2.05) is 74.8 Å². The third-order valence-electron chi connectivity index (χ3n) is 3.07. The first-order valence-electron chi connectivity index (χ1n) is 7.00. The smallest absolute Gasteiger partial charge is 0.272 e. The molecule has 1 N–H and O–H groups in total. The van der Waals surface area contributed by atoms with Gasteiger partial charge in [-0.2, -0.15) is 0 Å². The minimum Gasteiger partial charge on any atom is -0.308 e. The van der Waals surface area contributed by atoms with Gasteiger partial charge in [0.1, 0.15) is 0 Å². The molecular formula is C17H21N3O. The van der Waals surface area contributed by atoms with E-state index >= 15 is 0 Å². The van der Waals surface area contributed by atoms with Crippen LogP contribution in [-0.2, 0) is 0 Å². The number of likely N-dealkylation sites (N-methyl/N-ethyl adjacent to an activating group) is 1. The number of amides is 1. The SMILES string of the molecule is CN(C)CCN(Nc1ccccc1)C(=O)c1ccccc1. The Morgan fingerprint density at radius 2 is 1.48 bits per heavy atom. The summed E-state index contributed by atoms with van der Waals surface area (Å²) in [6.45, 7) is 1.40. The molecule has 21 heavy (non-hydrogen) atoms. The van der Waals surface area contributed by atoms with E-state index in [0.29, 0.717) is 12.1 Å². The molecule has 0 bridgehead atoms. The standard InChI is InChI=1S/C17H21N3O/c1-19(2)13-14-20(18-16-11-7-4-8-12-16)17(21)15-9-5-3-6-10-15/h3-12,18H,13-14H2,1-2H3. The molecule has 110 valence electrons. The number of rotatable bonds is 6. The summed E-state index contributed by atoms with van der Waals surface area (Å²) in [4.78, 5) is 14.7. The Hall–Kier alpha value is -2.33. The summed E-state index contributed by atoms with van der Waals surface area (Å²) in [5.41, 5.74) is 4.77. The van der Waals surface area contributed by atoms with Crippen LogP contribution < -0.4 is 5.43 Å². The normalized spacial score (nSPS) is 10.4. The van der Waals surface area contributed by atoms with Crippen LogP contribution in [0.1, 0.15) is 10.4 Å². The van der Waals surface area contributed by atoms with Gasteiger partial charge in [-0.25, -0.2) is 0 Å². The lowest BCUT2D eigenvalue weighted by Gasteiger charge is -2.26. The van der Waals surface area contributed by atoms with E-state index in [1.54, 1.807) is 5.01 Å². The predicted molar refractivity (Wildman–Crippen MR) is 86.1 cm³/mol. The van der Waals surface area contributed by atoms with E-state index in [2.05, 4.69) is 10.3 Å². The van der Waals surface area contributed by atoms with Crippen LogP contribution in [0.15, 0.2) is 60.7 Å². The minimum absolute atomic E-state index is 0.0266. The Morgan fingerprint density at radius 1 is 0.905 bits per heavy atom. The van der Waals surface area contributed by atoms with Crippen molar-refractivity contribution in [2.75, 3.05) is 32.6 Å². The second-order valence-corrected chi connectivity index (χ2v) is 5.10. The summed E-state index contributed by atoms with van der Waals surface area (Å²) < 4.78 is 0. The van der Waals surface area contributed by atoms with Crippen LogP contribution in [0.2, 0.25) is 0 Å². The molecule has 0 heterocycles. The molecule has 4 heteroatoms. The number of anilines is 1. The zero-order valence-corrected chi connectivity index (χ0v) is 12.5. The lowest BCUT2D eigenvalue weighted by Crippen LogP contribution is -2.40. The van der Waals surface area contributed by atoms with Crippen LogP contribution in [0, 0.1) is 0 Å². The molecule has 0 unspecified atom stereocenters. The fraction of sp³-hybridized carbons (Fsp3) is 0.235. The number of hydrogen-bond donors (Lipinski definition) is 1. The molecule has 0 aliphatic heterocycles. The number of para-hydroxylation sites is 1. The zero-order chi connectivity index (χ0) is 15.1. The molecule has 0 aliphatic carbocycles. The molecule has 0 aliphatic rings. The molecule has 2 aromatic rings. The van der Waals surface area contributed by atoms with Crippen molar-refractivity contribution >= 4 is 11.6 Å². The molecular weight excluding hydrogens is 262 g/mol. The second kappa shape index (κ2) is 7.45. The summed E-state index contributed by atoms with van der Waals surface area (Å²) in [5.74, 6) is -0.0266. The molecule has 0 saturated heterocycles. The maximum absolute atomic E-state index is 12.6. The number of hydrazine groups is 1. The van der Waals surface area contributed by atoms with Gasteiger partial charge in [0, 0.05) is 12.1 Å². The van der Waals surface area contributed by atoms with Gasteiger partial charge in [-0.3, -0.25) is 15.2 Å². The van der Waals surface area contributed by atoms with Crippen LogP contribution in [-0.4, -0.2) is 43.0 Å². The van der Waals surface area contributed by atoms with Crippen LogP contribution in [0.5, 0.6) is 0 Å². The summed E-state index contributed by atoms with van der Waals surface area (Å²) in [5, 5.41) is 1.66. The number of carbonyl (C=O) groups excluding carboxylic acids is 1. The average Bonchev–Trinajstić information content (AvgIpc) is 2.52. The van der Waals surface area contributed by atoms with Gasteiger partial charge in [-0.1, -0.05) is 36.4 Å². The van der Waals surface area contributed by atoms with E-state index in [-0.39, 0.29) is 5.91 Å². The summed E-state index contributed by atoms with van der Waals surface area (Å²) in [7, 11) is 3.99. The predicted octanol–water partition coefficient (Wildman–Crippen LogP) is 2.72. The van der Waals surface area contributed by atoms with Crippen molar-refractivity contribution in [2.24, 2.45) is 0 Å². The molecule has 0 aromatic heterocycles. The highest BCUT2D eigenvalue weighted by molar-refractivity contribution is 5.94. The molecule has 1 amide bonds. The van der Waals surface area contributed by atoms with Crippen molar-refractivity contribution in [2.45, 2.75) is 0 Å². The lowest BCUT2D eigenvalue weighted by atomic mass is 10.2. The summed E-state index contributed by atoms with van der Waals surface area (Å²) >= 11 is 0. The van der Waals surface area contributed by atoms with Crippen molar-refractivity contribution in [3.8, 4) is 0 Å². The topological polar surface area (TPSA) is 35.6 Å². The first-order chi connectivity index (χ1) is 10.2. The van der Waals surface area contributed by atoms with Crippen molar-refractivity contribution in [1.29, 1.82) is 0 Å². The van der Waals surface area contributed by atoms with Gasteiger partial charge in [-0.05, 0) is 38.4 Å². The van der Waals surface area contributed by atoms with Crippen LogP contribution >= 0.6 is 0 Å². The van der Waals surface area contributed by atoms with Gasteiger partial charge in [0.2, 0.25) is 0 Å². The largest absolute Gasteiger partial charge is 0.308 e. The first kappa shape index (κ1) is 15.1. The fourth-order valence-electron chi connectivity index (χ4n) is 1.91. The third kappa shape index (κ3) is 4.61. The number of nitrogens with one attached hydrogen (secondary N) is 1. The highest BCUT2D eigenvalue weighted by Crippen LogP contribution is 2.10. The van der Waals surface area contributed by atoms with Gasteiger partial charge in [-0.15, -0.1) is 0 Å². The van der Waals surface area contributed by atoms with Gasteiger partial charge in [0.15, 0.2) is 0 Å². The molecule has 2 aromatic carbocycles. The molecule has 2 rings (SSSR count). The van der Waals surface area contributed by atoms with Crippen LogP contribution in [0.4, 0.5) is 5.69 Å². The van der Waals surface area contributed by atoms with Crippen LogP contribution in [0.3, 0.4) is 0 Å². The van der Waals surface area contributed by atoms with E-state index in [0.717, 1.165) is 12.2 Å². The van der Waals surface area contributed by atoms with Crippen LogP contribution in [0.25, 0.3) is 0 Å². The fourth-order valence-corrected chi connectivity index (χ4v) is 1.91. The van der Waals surface area contributed by atoms with Crippen molar-refractivity contribution in [1.82, 2.24) is 9.91 Å². The van der Waals surface area contributed by atoms with Crippen molar-refractivity contribution < 1.29 is 4.79 Å². The van der Waals surface area contributed by atoms with E-state index < -0.39 is 0 Å². The lowest BCUT2D eigenvalue weighted by molar-refractivity contribution is 0.0784. The Kier molecular flexibility index (Phi) is 5.35. The highest BCUT2D eigenvalue weighted by atomic mass is 16.2. The maximum Gasteiger partial charge on any atom is 0.272 e. The first-order valence-corrected chi connectivity index (χ1v) is 7.00. The Labute approximate surface area is 126 Å². The zero-order valence-electron chi connectivity index (χ0n) is 12.5. The Balaban J connectivity index is 2.13. The highest BCUT2D eigenvalue weighted by Gasteiger charge is 2.15.